The van der Waals surface area contributed by atoms with Gasteiger partial charge in [0.15, 0.2) is 5.11 Å². The van der Waals surface area contributed by atoms with Crippen molar-refractivity contribution in [2.45, 2.75) is 6.92 Å². The Kier molecular flexibility index (Phi) is 6.74. The molecule has 0 spiro atoms. The highest BCUT2D eigenvalue weighted by Gasteiger charge is 2.11. The van der Waals surface area contributed by atoms with Crippen LogP contribution < -0.4 is 16.0 Å². The van der Waals surface area contributed by atoms with Crippen LogP contribution in [0.3, 0.4) is 0 Å². The van der Waals surface area contributed by atoms with Crippen molar-refractivity contribution in [3.8, 4) is 0 Å². The van der Waals surface area contributed by atoms with Crippen molar-refractivity contribution in [2.75, 3.05) is 10.6 Å². The van der Waals surface area contributed by atoms with E-state index in [-0.39, 0.29) is 16.9 Å². The highest BCUT2D eigenvalue weighted by molar-refractivity contribution is 9.10. The van der Waals surface area contributed by atoms with Crippen LogP contribution in [0, 0.1) is 6.92 Å². The lowest BCUT2D eigenvalue weighted by molar-refractivity contribution is 0.0975. The van der Waals surface area contributed by atoms with Crippen molar-refractivity contribution in [3.63, 3.8) is 0 Å². The van der Waals surface area contributed by atoms with Gasteiger partial charge in [-0.3, -0.25) is 14.9 Å². The molecule has 0 saturated heterocycles. The lowest BCUT2D eigenvalue weighted by Gasteiger charge is -2.11. The number of halogens is 1. The first-order valence-corrected chi connectivity index (χ1v) is 9.98. The number of aryl methyl sites for hydroxylation is 1. The number of amides is 2. The molecule has 0 aromatic heterocycles. The molecule has 2 amide bonds. The number of carbonyl (C=O) groups is 2. The fraction of sp³-hybridized carbons (Fsp3) is 0.0455. The van der Waals surface area contributed by atoms with Crippen LogP contribution in [0.4, 0.5) is 11.4 Å². The van der Waals surface area contributed by atoms with E-state index in [1.54, 1.807) is 48.5 Å². The summed E-state index contributed by atoms with van der Waals surface area (Å²) < 4.78 is 0.689. The minimum absolute atomic E-state index is 0.167. The molecule has 0 saturated carbocycles. The van der Waals surface area contributed by atoms with E-state index >= 15 is 0 Å². The van der Waals surface area contributed by atoms with Crippen LogP contribution in [-0.4, -0.2) is 16.9 Å². The summed E-state index contributed by atoms with van der Waals surface area (Å²) in [4.78, 5) is 24.7. The highest BCUT2D eigenvalue weighted by Crippen LogP contribution is 2.17. The van der Waals surface area contributed by atoms with Crippen molar-refractivity contribution >= 4 is 56.4 Å². The molecular formula is C22H18BrN3O2S. The van der Waals surface area contributed by atoms with E-state index in [9.17, 15) is 9.59 Å². The number of carbonyl (C=O) groups excluding carboxylic acids is 2. The van der Waals surface area contributed by atoms with Crippen LogP contribution in [0.1, 0.15) is 26.3 Å². The maximum absolute atomic E-state index is 12.4. The molecule has 146 valence electrons. The van der Waals surface area contributed by atoms with Crippen molar-refractivity contribution in [3.05, 3.63) is 94.0 Å². The van der Waals surface area contributed by atoms with Gasteiger partial charge in [-0.15, -0.1) is 0 Å². The molecule has 0 heterocycles. The van der Waals surface area contributed by atoms with Gasteiger partial charge in [-0.2, -0.15) is 0 Å². The Morgan fingerprint density at radius 1 is 0.759 bits per heavy atom. The molecular weight excluding hydrogens is 450 g/mol. The number of nitrogens with one attached hydrogen (secondary N) is 3. The van der Waals surface area contributed by atoms with Crippen LogP contribution in [0.25, 0.3) is 0 Å². The molecule has 0 aliphatic rings. The first kappa shape index (κ1) is 20.7. The summed E-state index contributed by atoms with van der Waals surface area (Å²) in [5.41, 5.74) is 3.38. The molecule has 5 nitrogen and oxygen atoms in total. The second-order valence-corrected chi connectivity index (χ2v) is 7.50. The summed E-state index contributed by atoms with van der Waals surface area (Å²) in [5, 5.41) is 8.64. The third-order valence-corrected chi connectivity index (χ3v) is 5.03. The maximum atomic E-state index is 12.4. The fourth-order valence-electron chi connectivity index (χ4n) is 2.64. The summed E-state index contributed by atoms with van der Waals surface area (Å²) >= 11 is 8.55. The van der Waals surface area contributed by atoms with E-state index in [0.29, 0.717) is 27.0 Å². The number of rotatable bonds is 4. The van der Waals surface area contributed by atoms with Crippen LogP contribution in [0.2, 0.25) is 0 Å². The van der Waals surface area contributed by atoms with Crippen molar-refractivity contribution in [2.24, 2.45) is 0 Å². The van der Waals surface area contributed by atoms with Gasteiger partial charge in [0.05, 0.1) is 5.56 Å². The van der Waals surface area contributed by atoms with Crippen LogP contribution in [0.5, 0.6) is 0 Å². The van der Waals surface area contributed by atoms with Crippen LogP contribution >= 0.6 is 28.1 Å². The number of hydrogen-bond donors (Lipinski definition) is 3. The lowest BCUT2D eigenvalue weighted by atomic mass is 10.1. The van der Waals surface area contributed by atoms with Crippen LogP contribution in [-0.2, 0) is 0 Å². The molecule has 0 fully saturated rings. The summed E-state index contributed by atoms with van der Waals surface area (Å²) in [6, 6.07) is 21.6. The Labute approximate surface area is 182 Å². The van der Waals surface area contributed by atoms with Crippen molar-refractivity contribution < 1.29 is 9.59 Å². The van der Waals surface area contributed by atoms with Gasteiger partial charge < -0.3 is 10.6 Å². The van der Waals surface area contributed by atoms with Gasteiger partial charge in [0.2, 0.25) is 0 Å². The zero-order chi connectivity index (χ0) is 20.8. The zero-order valence-electron chi connectivity index (χ0n) is 15.5. The summed E-state index contributed by atoms with van der Waals surface area (Å²) in [6.45, 7) is 1.89. The molecule has 3 rings (SSSR count). The first-order valence-electron chi connectivity index (χ1n) is 8.78. The zero-order valence-corrected chi connectivity index (χ0v) is 17.9. The standard InChI is InChI=1S/C22H18BrN3O2S/c1-14-6-2-3-7-17(14)20(27)24-15-10-12-16(13-11-15)25-22(29)26-21(28)18-8-4-5-9-19(18)23/h2-13H,1H3,(H,24,27)(H2,25,26,28,29). The predicted molar refractivity (Wildman–Crippen MR) is 123 cm³/mol. The van der Waals surface area contributed by atoms with Crippen molar-refractivity contribution in [1.82, 2.24) is 5.32 Å². The third-order valence-electron chi connectivity index (χ3n) is 4.14. The third kappa shape index (κ3) is 5.49. The molecule has 0 unspecified atom stereocenters. The normalized spacial score (nSPS) is 10.1. The number of hydrogen-bond acceptors (Lipinski definition) is 3. The highest BCUT2D eigenvalue weighted by atomic mass is 79.9. The second-order valence-electron chi connectivity index (χ2n) is 6.23. The topological polar surface area (TPSA) is 70.2 Å². The molecule has 0 atom stereocenters. The molecule has 3 N–H and O–H groups in total. The molecule has 0 radical (unpaired) electrons. The van der Waals surface area contributed by atoms with Crippen LogP contribution in [0.15, 0.2) is 77.3 Å². The fourth-order valence-corrected chi connectivity index (χ4v) is 3.32. The van der Waals surface area contributed by atoms with Gasteiger partial charge in [0.25, 0.3) is 11.8 Å². The molecule has 0 aliphatic carbocycles. The van der Waals surface area contributed by atoms with E-state index in [4.69, 9.17) is 12.2 Å². The van der Waals surface area contributed by atoms with E-state index < -0.39 is 0 Å². The van der Waals surface area contributed by atoms with Gasteiger partial charge >= 0.3 is 0 Å². The van der Waals surface area contributed by atoms with Crippen molar-refractivity contribution in [1.29, 1.82) is 0 Å². The van der Waals surface area contributed by atoms with E-state index in [0.717, 1.165) is 5.56 Å². The monoisotopic (exact) mass is 467 g/mol. The Morgan fingerprint density at radius 3 is 1.93 bits per heavy atom. The summed E-state index contributed by atoms with van der Waals surface area (Å²) in [6.07, 6.45) is 0. The smallest absolute Gasteiger partial charge is 0.258 e. The van der Waals surface area contributed by atoms with Gasteiger partial charge in [-0.05, 0) is 83.1 Å². The number of benzene rings is 3. The average molecular weight is 468 g/mol. The van der Waals surface area contributed by atoms with Gasteiger partial charge in [-0.1, -0.05) is 30.3 Å². The molecule has 3 aromatic rings. The minimum Gasteiger partial charge on any atom is -0.332 e. The predicted octanol–water partition coefficient (Wildman–Crippen LogP) is 5.14. The molecule has 3 aromatic carbocycles. The Morgan fingerprint density at radius 2 is 1.31 bits per heavy atom. The Balaban J connectivity index is 1.58. The maximum Gasteiger partial charge on any atom is 0.258 e. The SMILES string of the molecule is Cc1ccccc1C(=O)Nc1ccc(NC(=S)NC(=O)c2ccccc2Br)cc1. The van der Waals surface area contributed by atoms with Gasteiger partial charge in [-0.25, -0.2) is 0 Å². The quantitative estimate of drug-likeness (QED) is 0.464. The van der Waals surface area contributed by atoms with E-state index in [1.807, 2.05) is 31.2 Å². The average Bonchev–Trinajstić information content (AvgIpc) is 2.70. The van der Waals surface area contributed by atoms with E-state index in [2.05, 4.69) is 31.9 Å². The summed E-state index contributed by atoms with van der Waals surface area (Å²) in [5.74, 6) is -0.475. The minimum atomic E-state index is -0.308. The number of thiocarbonyl (C=S) groups is 1. The molecule has 29 heavy (non-hydrogen) atoms. The Hall–Kier alpha value is -3.03. The first-order chi connectivity index (χ1) is 13.9. The molecule has 0 bridgehead atoms. The van der Waals surface area contributed by atoms with Gasteiger partial charge in [0, 0.05) is 21.4 Å². The second kappa shape index (κ2) is 9.45. The number of anilines is 2. The molecule has 0 aliphatic heterocycles. The Bertz CT molecular complexity index is 1070. The largest absolute Gasteiger partial charge is 0.332 e. The van der Waals surface area contributed by atoms with E-state index in [1.165, 1.54) is 0 Å². The summed E-state index contributed by atoms with van der Waals surface area (Å²) in [7, 11) is 0. The van der Waals surface area contributed by atoms with Gasteiger partial charge in [0.1, 0.15) is 0 Å². The lowest BCUT2D eigenvalue weighted by Crippen LogP contribution is -2.34. The molecule has 7 heteroatoms.